The Kier molecular flexibility index (Phi) is 3.32. The molecule has 0 N–H and O–H groups in total. The number of hydrogen-bond acceptors (Lipinski definition) is 3. The van der Waals surface area contributed by atoms with Gasteiger partial charge in [0.15, 0.2) is 0 Å². The van der Waals surface area contributed by atoms with Crippen molar-refractivity contribution in [2.45, 2.75) is 19.3 Å². The van der Waals surface area contributed by atoms with Crippen LogP contribution in [0.2, 0.25) is 10.4 Å². The Bertz CT molecular complexity index is 332. The lowest BCUT2D eigenvalue weighted by atomic mass is 9.85. The Hall–Kier alpha value is -0.540. The Morgan fingerprint density at radius 1 is 1.40 bits per heavy atom. The minimum absolute atomic E-state index is 0.206. The Balaban J connectivity index is 2.06. The zero-order valence-electron chi connectivity index (χ0n) is 8.58. The lowest BCUT2D eigenvalue weighted by Crippen LogP contribution is -2.29. The van der Waals surface area contributed by atoms with Crippen LogP contribution in [-0.4, -0.2) is 23.6 Å². The summed E-state index contributed by atoms with van der Waals surface area (Å²) in [5.74, 6) is 1.59. The van der Waals surface area contributed by atoms with Gasteiger partial charge in [0.25, 0.3) is 0 Å². The summed E-state index contributed by atoms with van der Waals surface area (Å²) in [6.07, 6.45) is 3.98. The van der Waals surface area contributed by atoms with Crippen molar-refractivity contribution in [3.05, 3.63) is 16.5 Å². The van der Waals surface area contributed by atoms with Crippen LogP contribution >= 0.6 is 23.2 Å². The summed E-state index contributed by atoms with van der Waals surface area (Å²) in [6, 6.07) is 1.74. The van der Waals surface area contributed by atoms with Crippen LogP contribution in [0.4, 0.5) is 5.82 Å². The summed E-state index contributed by atoms with van der Waals surface area (Å²) in [5, 5.41) is 0.600. The molecule has 15 heavy (non-hydrogen) atoms. The molecule has 0 atom stereocenters. The van der Waals surface area contributed by atoms with Gasteiger partial charge in [-0.05, 0) is 30.4 Å². The molecule has 1 saturated carbocycles. The van der Waals surface area contributed by atoms with Gasteiger partial charge in [0, 0.05) is 19.7 Å². The molecule has 0 amide bonds. The quantitative estimate of drug-likeness (QED) is 0.606. The Labute approximate surface area is 99.4 Å². The average molecular weight is 246 g/mol. The third kappa shape index (κ3) is 2.73. The summed E-state index contributed by atoms with van der Waals surface area (Å²) in [7, 11) is 2.01. The van der Waals surface area contributed by atoms with Crippen LogP contribution in [0.25, 0.3) is 0 Å². The van der Waals surface area contributed by atoms with Crippen molar-refractivity contribution in [1.82, 2.24) is 9.97 Å². The predicted molar refractivity (Wildman–Crippen MR) is 62.7 cm³/mol. The molecule has 1 aromatic heterocycles. The maximum atomic E-state index is 5.82. The first-order valence-corrected chi connectivity index (χ1v) is 5.82. The van der Waals surface area contributed by atoms with Crippen LogP contribution < -0.4 is 4.90 Å². The Morgan fingerprint density at radius 2 is 2.13 bits per heavy atom. The topological polar surface area (TPSA) is 29.0 Å². The van der Waals surface area contributed by atoms with Gasteiger partial charge >= 0.3 is 0 Å². The average Bonchev–Trinajstić information content (AvgIpc) is 2.09. The highest BCUT2D eigenvalue weighted by Crippen LogP contribution is 2.28. The number of aromatic nitrogens is 2. The second-order valence-corrected chi connectivity index (χ2v) is 4.72. The second-order valence-electron chi connectivity index (χ2n) is 4.00. The van der Waals surface area contributed by atoms with E-state index in [1.54, 1.807) is 6.07 Å². The molecule has 3 nitrogen and oxygen atoms in total. The fourth-order valence-corrected chi connectivity index (χ4v) is 2.13. The lowest BCUT2D eigenvalue weighted by molar-refractivity contribution is 0.321. The van der Waals surface area contributed by atoms with Gasteiger partial charge in [0.1, 0.15) is 11.0 Å². The van der Waals surface area contributed by atoms with Gasteiger partial charge in [-0.3, -0.25) is 0 Å². The fraction of sp³-hybridized carbons (Fsp3) is 0.600. The summed E-state index contributed by atoms with van der Waals surface area (Å²) < 4.78 is 0. The molecule has 1 aromatic rings. The molecule has 0 radical (unpaired) electrons. The molecule has 82 valence electrons. The van der Waals surface area contributed by atoms with Gasteiger partial charge in [-0.15, -0.1) is 0 Å². The molecule has 0 aromatic carbocycles. The molecule has 1 fully saturated rings. The fourth-order valence-electron chi connectivity index (χ4n) is 1.73. The number of nitrogens with zero attached hydrogens (tertiary/aromatic N) is 3. The second kappa shape index (κ2) is 4.54. The summed E-state index contributed by atoms with van der Waals surface area (Å²) in [5.41, 5.74) is 0. The van der Waals surface area contributed by atoms with Crippen LogP contribution in [0.15, 0.2) is 6.07 Å². The molecule has 0 bridgehead atoms. The maximum Gasteiger partial charge on any atom is 0.225 e. The van der Waals surface area contributed by atoms with E-state index in [1.807, 2.05) is 7.05 Å². The molecule has 0 spiro atoms. The molecule has 5 heteroatoms. The first-order valence-electron chi connectivity index (χ1n) is 5.06. The zero-order valence-corrected chi connectivity index (χ0v) is 10.1. The molecule has 1 aliphatic carbocycles. The van der Waals surface area contributed by atoms with Gasteiger partial charge in [0.2, 0.25) is 5.28 Å². The molecule has 2 rings (SSSR count). The Morgan fingerprint density at radius 3 is 2.67 bits per heavy atom. The van der Waals surface area contributed by atoms with Crippen LogP contribution in [0.5, 0.6) is 0 Å². The van der Waals surface area contributed by atoms with Crippen LogP contribution in [0.3, 0.4) is 0 Å². The van der Waals surface area contributed by atoms with Gasteiger partial charge in [-0.25, -0.2) is 9.97 Å². The third-order valence-corrected chi connectivity index (χ3v) is 3.16. The van der Waals surface area contributed by atoms with E-state index < -0.39 is 0 Å². The van der Waals surface area contributed by atoms with E-state index in [4.69, 9.17) is 23.2 Å². The number of halogens is 2. The van der Waals surface area contributed by atoms with E-state index in [-0.39, 0.29) is 5.28 Å². The highest BCUT2D eigenvalue weighted by molar-refractivity contribution is 6.32. The minimum atomic E-state index is 0.206. The standard InChI is InChI=1S/C10H13Cl2N3/c1-15(6-7-3-2-4-7)9-5-8(11)13-10(12)14-9/h5,7H,2-4,6H2,1H3. The van der Waals surface area contributed by atoms with E-state index in [2.05, 4.69) is 14.9 Å². The summed E-state index contributed by atoms with van der Waals surface area (Å²) >= 11 is 11.6. The van der Waals surface area contributed by atoms with E-state index in [9.17, 15) is 0 Å². The van der Waals surface area contributed by atoms with Crippen molar-refractivity contribution in [1.29, 1.82) is 0 Å². The van der Waals surface area contributed by atoms with E-state index in [0.717, 1.165) is 18.3 Å². The first kappa shape index (κ1) is 11.0. The zero-order chi connectivity index (χ0) is 10.8. The normalized spacial score (nSPS) is 16.2. The first-order chi connectivity index (χ1) is 7.15. The van der Waals surface area contributed by atoms with Crippen molar-refractivity contribution in [2.24, 2.45) is 5.92 Å². The molecule has 1 aliphatic rings. The van der Waals surface area contributed by atoms with Gasteiger partial charge in [-0.1, -0.05) is 18.0 Å². The van der Waals surface area contributed by atoms with Crippen molar-refractivity contribution in [2.75, 3.05) is 18.5 Å². The maximum absolute atomic E-state index is 5.82. The van der Waals surface area contributed by atoms with E-state index in [0.29, 0.717) is 5.15 Å². The van der Waals surface area contributed by atoms with Gasteiger partial charge in [-0.2, -0.15) is 0 Å². The van der Waals surface area contributed by atoms with Crippen molar-refractivity contribution in [3.8, 4) is 0 Å². The van der Waals surface area contributed by atoms with Gasteiger partial charge < -0.3 is 4.90 Å². The summed E-state index contributed by atoms with van der Waals surface area (Å²) in [4.78, 5) is 10.1. The van der Waals surface area contributed by atoms with Crippen molar-refractivity contribution >= 4 is 29.0 Å². The van der Waals surface area contributed by atoms with E-state index in [1.165, 1.54) is 19.3 Å². The number of hydrogen-bond donors (Lipinski definition) is 0. The monoisotopic (exact) mass is 245 g/mol. The molecule has 0 aliphatic heterocycles. The minimum Gasteiger partial charge on any atom is -0.359 e. The highest BCUT2D eigenvalue weighted by Gasteiger charge is 2.20. The third-order valence-electron chi connectivity index (χ3n) is 2.80. The van der Waals surface area contributed by atoms with Crippen molar-refractivity contribution < 1.29 is 0 Å². The predicted octanol–water partition coefficient (Wildman–Crippen LogP) is 3.02. The molecular weight excluding hydrogens is 233 g/mol. The molecule has 0 unspecified atom stereocenters. The van der Waals surface area contributed by atoms with Crippen molar-refractivity contribution in [3.63, 3.8) is 0 Å². The molecule has 0 saturated heterocycles. The van der Waals surface area contributed by atoms with Crippen LogP contribution in [0, 0.1) is 5.92 Å². The van der Waals surface area contributed by atoms with Crippen LogP contribution in [-0.2, 0) is 0 Å². The number of rotatable bonds is 3. The largest absolute Gasteiger partial charge is 0.359 e. The van der Waals surface area contributed by atoms with Crippen LogP contribution in [0.1, 0.15) is 19.3 Å². The smallest absolute Gasteiger partial charge is 0.225 e. The number of anilines is 1. The lowest BCUT2D eigenvalue weighted by Gasteiger charge is -2.30. The summed E-state index contributed by atoms with van der Waals surface area (Å²) in [6.45, 7) is 1.02. The molecule has 1 heterocycles. The van der Waals surface area contributed by atoms with E-state index >= 15 is 0 Å². The van der Waals surface area contributed by atoms with Gasteiger partial charge in [0.05, 0.1) is 0 Å². The highest BCUT2D eigenvalue weighted by atomic mass is 35.5. The molecular formula is C10H13Cl2N3. The SMILES string of the molecule is CN(CC1CCC1)c1cc(Cl)nc(Cl)n1.